The van der Waals surface area contributed by atoms with Crippen LogP contribution in [-0.4, -0.2) is 35.5 Å². The third-order valence-corrected chi connectivity index (χ3v) is 6.24. The van der Waals surface area contributed by atoms with Crippen LogP contribution in [-0.2, 0) is 9.47 Å². The lowest BCUT2D eigenvalue weighted by Crippen LogP contribution is -2.23. The van der Waals surface area contributed by atoms with Crippen molar-refractivity contribution in [1.82, 2.24) is 0 Å². The standard InChI is InChI=1S/C22H43BrO3/c1-2-3-4-5-6-7-8-9-10-11-12-13-14-15-16-17-21(23)22-25-19-20(18-24)26-22/h20-22,24H,2-19H2,1H3/t20-,21?,22?/m1/s1. The summed E-state index contributed by atoms with van der Waals surface area (Å²) < 4.78 is 11.2. The lowest BCUT2D eigenvalue weighted by Gasteiger charge is -2.16. The van der Waals surface area contributed by atoms with Crippen LogP contribution < -0.4 is 0 Å². The molecule has 1 aliphatic rings. The first kappa shape index (κ1) is 24.4. The maximum absolute atomic E-state index is 9.06. The summed E-state index contributed by atoms with van der Waals surface area (Å²) in [6, 6.07) is 0. The minimum Gasteiger partial charge on any atom is -0.394 e. The monoisotopic (exact) mass is 434 g/mol. The van der Waals surface area contributed by atoms with Crippen LogP contribution in [0.25, 0.3) is 0 Å². The fraction of sp³-hybridized carbons (Fsp3) is 1.00. The third-order valence-electron chi connectivity index (χ3n) is 5.36. The molecule has 3 nitrogen and oxygen atoms in total. The van der Waals surface area contributed by atoms with Gasteiger partial charge in [-0.2, -0.15) is 0 Å². The summed E-state index contributed by atoms with van der Waals surface area (Å²) in [7, 11) is 0. The average Bonchev–Trinajstić information content (AvgIpc) is 3.14. The number of hydrogen-bond acceptors (Lipinski definition) is 3. The molecule has 0 aromatic carbocycles. The van der Waals surface area contributed by atoms with Crippen molar-refractivity contribution in [1.29, 1.82) is 0 Å². The Balaban J connectivity index is 1.76. The lowest BCUT2D eigenvalue weighted by atomic mass is 10.0. The molecule has 0 aromatic heterocycles. The van der Waals surface area contributed by atoms with E-state index in [0.29, 0.717) is 6.61 Å². The number of unbranched alkanes of at least 4 members (excludes halogenated alkanes) is 14. The highest BCUT2D eigenvalue weighted by Gasteiger charge is 2.30. The highest BCUT2D eigenvalue weighted by atomic mass is 79.9. The van der Waals surface area contributed by atoms with Gasteiger partial charge in [-0.25, -0.2) is 0 Å². The first-order valence-corrected chi connectivity index (χ1v) is 12.2. The van der Waals surface area contributed by atoms with Gasteiger partial charge in [0, 0.05) is 0 Å². The van der Waals surface area contributed by atoms with Crippen LogP contribution in [0.5, 0.6) is 0 Å². The Bertz CT molecular complexity index is 301. The van der Waals surface area contributed by atoms with Crippen molar-refractivity contribution < 1.29 is 14.6 Å². The Kier molecular flexibility index (Phi) is 16.4. The van der Waals surface area contributed by atoms with E-state index >= 15 is 0 Å². The quantitative estimate of drug-likeness (QED) is 0.191. The molecular weight excluding hydrogens is 392 g/mol. The van der Waals surface area contributed by atoms with E-state index in [1.54, 1.807) is 0 Å². The Morgan fingerprint density at radius 3 is 1.69 bits per heavy atom. The van der Waals surface area contributed by atoms with Gasteiger partial charge in [0.2, 0.25) is 0 Å². The van der Waals surface area contributed by atoms with Gasteiger partial charge >= 0.3 is 0 Å². The molecule has 1 rings (SSSR count). The number of ether oxygens (including phenoxy) is 2. The van der Waals surface area contributed by atoms with Crippen LogP contribution in [0.1, 0.15) is 110 Å². The number of halogens is 1. The Labute approximate surface area is 170 Å². The van der Waals surface area contributed by atoms with Crippen molar-refractivity contribution in [3.8, 4) is 0 Å². The van der Waals surface area contributed by atoms with E-state index in [2.05, 4.69) is 22.9 Å². The second-order valence-electron chi connectivity index (χ2n) is 7.90. The minimum absolute atomic E-state index is 0.0508. The van der Waals surface area contributed by atoms with Crippen molar-refractivity contribution in [2.75, 3.05) is 13.2 Å². The molecule has 0 spiro atoms. The molecule has 0 saturated carbocycles. The van der Waals surface area contributed by atoms with Crippen molar-refractivity contribution in [3.05, 3.63) is 0 Å². The van der Waals surface area contributed by atoms with Gasteiger partial charge in [-0.1, -0.05) is 119 Å². The van der Waals surface area contributed by atoms with Crippen molar-refractivity contribution in [2.24, 2.45) is 0 Å². The topological polar surface area (TPSA) is 38.7 Å². The molecule has 0 bridgehead atoms. The van der Waals surface area contributed by atoms with Gasteiger partial charge in [0.25, 0.3) is 0 Å². The molecule has 2 unspecified atom stereocenters. The highest BCUT2D eigenvalue weighted by molar-refractivity contribution is 9.09. The third kappa shape index (κ3) is 12.7. The van der Waals surface area contributed by atoms with Crippen LogP contribution in [0.2, 0.25) is 0 Å². The highest BCUT2D eigenvalue weighted by Crippen LogP contribution is 2.24. The summed E-state index contributed by atoms with van der Waals surface area (Å²) in [6.45, 7) is 2.85. The zero-order valence-electron chi connectivity index (χ0n) is 17.1. The Morgan fingerprint density at radius 1 is 0.808 bits per heavy atom. The summed E-state index contributed by atoms with van der Waals surface area (Å²) in [5.41, 5.74) is 0. The largest absolute Gasteiger partial charge is 0.394 e. The van der Waals surface area contributed by atoms with Gasteiger partial charge in [-0.3, -0.25) is 0 Å². The fourth-order valence-corrected chi connectivity index (χ4v) is 4.20. The van der Waals surface area contributed by atoms with E-state index in [9.17, 15) is 0 Å². The summed E-state index contributed by atoms with van der Waals surface area (Å²) in [5.74, 6) is 0. The van der Waals surface area contributed by atoms with E-state index in [1.807, 2.05) is 0 Å². The molecule has 1 heterocycles. The SMILES string of the molecule is CCCCCCCCCCCCCCCCCC(Br)C1OC[C@@H](CO)O1. The molecule has 156 valence electrons. The molecule has 0 radical (unpaired) electrons. The van der Waals surface area contributed by atoms with E-state index in [0.717, 1.165) is 6.42 Å². The zero-order chi connectivity index (χ0) is 18.9. The molecule has 1 fully saturated rings. The van der Waals surface area contributed by atoms with E-state index in [1.165, 1.54) is 96.3 Å². The number of rotatable bonds is 18. The fourth-order valence-electron chi connectivity index (χ4n) is 3.60. The van der Waals surface area contributed by atoms with E-state index in [4.69, 9.17) is 14.6 Å². The van der Waals surface area contributed by atoms with Crippen molar-refractivity contribution in [3.63, 3.8) is 0 Å². The summed E-state index contributed by atoms with van der Waals surface area (Å²) in [5, 5.41) is 9.06. The predicted octanol–water partition coefficient (Wildman–Crippen LogP) is 6.75. The number of hydrogen-bond donors (Lipinski definition) is 1. The Hall–Kier alpha value is 0.360. The minimum atomic E-state index is -0.182. The van der Waals surface area contributed by atoms with Crippen LogP contribution in [0.15, 0.2) is 0 Å². The molecule has 0 aromatic rings. The first-order chi connectivity index (χ1) is 12.8. The van der Waals surface area contributed by atoms with E-state index < -0.39 is 0 Å². The van der Waals surface area contributed by atoms with Crippen LogP contribution in [0.4, 0.5) is 0 Å². The molecule has 1 saturated heterocycles. The second kappa shape index (κ2) is 17.5. The van der Waals surface area contributed by atoms with Gasteiger partial charge < -0.3 is 14.6 Å². The molecule has 4 heteroatoms. The zero-order valence-corrected chi connectivity index (χ0v) is 18.7. The van der Waals surface area contributed by atoms with Gasteiger partial charge in [-0.05, 0) is 6.42 Å². The summed E-state index contributed by atoms with van der Waals surface area (Å²) in [4.78, 5) is 0.251. The van der Waals surface area contributed by atoms with Crippen LogP contribution in [0, 0.1) is 0 Å². The number of aliphatic hydroxyl groups excluding tert-OH is 1. The molecular formula is C22H43BrO3. The first-order valence-electron chi connectivity index (χ1n) is 11.3. The summed E-state index contributed by atoms with van der Waals surface area (Å²) >= 11 is 3.67. The lowest BCUT2D eigenvalue weighted by molar-refractivity contribution is -0.0646. The normalized spacial score (nSPS) is 21.3. The molecule has 1 aliphatic heterocycles. The molecule has 1 N–H and O–H groups in total. The maximum Gasteiger partial charge on any atom is 0.170 e. The average molecular weight is 435 g/mol. The number of alkyl halides is 1. The van der Waals surface area contributed by atoms with Gasteiger partial charge in [0.05, 0.1) is 18.0 Å². The summed E-state index contributed by atoms with van der Waals surface area (Å²) in [6.07, 6.45) is 21.7. The molecule has 0 aliphatic carbocycles. The predicted molar refractivity (Wildman–Crippen MR) is 114 cm³/mol. The van der Waals surface area contributed by atoms with Crippen molar-refractivity contribution >= 4 is 15.9 Å². The van der Waals surface area contributed by atoms with Crippen LogP contribution in [0.3, 0.4) is 0 Å². The van der Waals surface area contributed by atoms with Crippen molar-refractivity contribution in [2.45, 2.75) is 127 Å². The molecule has 0 amide bonds. The van der Waals surface area contributed by atoms with Crippen LogP contribution >= 0.6 is 15.9 Å². The van der Waals surface area contributed by atoms with E-state index in [-0.39, 0.29) is 23.8 Å². The number of aliphatic hydroxyl groups is 1. The second-order valence-corrected chi connectivity index (χ2v) is 9.07. The molecule has 3 atom stereocenters. The van der Waals surface area contributed by atoms with Gasteiger partial charge in [0.15, 0.2) is 6.29 Å². The van der Waals surface area contributed by atoms with Gasteiger partial charge in [0.1, 0.15) is 6.10 Å². The van der Waals surface area contributed by atoms with Gasteiger partial charge in [-0.15, -0.1) is 0 Å². The Morgan fingerprint density at radius 2 is 1.27 bits per heavy atom. The maximum atomic E-state index is 9.06. The smallest absolute Gasteiger partial charge is 0.170 e. The molecule has 26 heavy (non-hydrogen) atoms.